The lowest BCUT2D eigenvalue weighted by Crippen LogP contribution is -2.27. The van der Waals surface area contributed by atoms with Crippen molar-refractivity contribution in [1.82, 2.24) is 0 Å². The van der Waals surface area contributed by atoms with E-state index in [9.17, 15) is 4.79 Å². The molecule has 0 aliphatic heterocycles. The van der Waals surface area contributed by atoms with Gasteiger partial charge in [-0.15, -0.1) is 0 Å². The monoisotopic (exact) mass is 162 g/mol. The van der Waals surface area contributed by atoms with Gasteiger partial charge in [-0.1, -0.05) is 0 Å². The molecule has 0 heterocycles. The molecule has 0 aliphatic rings. The first-order chi connectivity index (χ1) is 4.66. The van der Waals surface area contributed by atoms with Crippen LogP contribution in [0.15, 0.2) is 0 Å². The summed E-state index contributed by atoms with van der Waals surface area (Å²) in [6, 6.07) is -0.0510. The van der Waals surface area contributed by atoms with Crippen molar-refractivity contribution in [3.8, 4) is 0 Å². The maximum absolute atomic E-state index is 10.3. The summed E-state index contributed by atoms with van der Waals surface area (Å²) >= 11 is 1.72. The van der Waals surface area contributed by atoms with E-state index in [4.69, 9.17) is 11.5 Å². The lowest BCUT2D eigenvalue weighted by molar-refractivity contribution is -0.118. The van der Waals surface area contributed by atoms with Gasteiger partial charge in [-0.2, -0.15) is 11.8 Å². The van der Waals surface area contributed by atoms with Crippen LogP contribution in [0.2, 0.25) is 0 Å². The number of primary amides is 1. The van der Waals surface area contributed by atoms with E-state index in [-0.39, 0.29) is 11.9 Å². The summed E-state index contributed by atoms with van der Waals surface area (Å²) in [5.41, 5.74) is 10.5. The first kappa shape index (κ1) is 9.78. The Morgan fingerprint density at radius 2 is 2.30 bits per heavy atom. The van der Waals surface area contributed by atoms with E-state index in [0.717, 1.165) is 12.2 Å². The Morgan fingerprint density at radius 3 is 2.70 bits per heavy atom. The quantitative estimate of drug-likeness (QED) is 0.595. The molecule has 0 aromatic rings. The lowest BCUT2D eigenvalue weighted by Gasteiger charge is -2.06. The second-order valence-corrected chi connectivity index (χ2v) is 3.20. The molecule has 0 aromatic carbocycles. The average Bonchev–Trinajstić information content (AvgIpc) is 1.82. The molecule has 0 radical (unpaired) electrons. The van der Waals surface area contributed by atoms with Gasteiger partial charge in [0.25, 0.3) is 0 Å². The standard InChI is InChI=1S/C6H14N2OS/c1-10-3-2-5(7)4-6(8)9/h5H,2-4,7H2,1H3,(H2,8,9). The van der Waals surface area contributed by atoms with Crippen LogP contribution in [0.1, 0.15) is 12.8 Å². The van der Waals surface area contributed by atoms with Crippen molar-refractivity contribution in [2.75, 3.05) is 12.0 Å². The van der Waals surface area contributed by atoms with Crippen molar-refractivity contribution >= 4 is 17.7 Å². The Balaban J connectivity index is 3.25. The van der Waals surface area contributed by atoms with Crippen LogP contribution < -0.4 is 11.5 Å². The van der Waals surface area contributed by atoms with Gasteiger partial charge in [-0.25, -0.2) is 0 Å². The number of rotatable bonds is 5. The highest BCUT2D eigenvalue weighted by atomic mass is 32.2. The fourth-order valence-electron chi connectivity index (χ4n) is 0.630. The fourth-order valence-corrected chi connectivity index (χ4v) is 1.17. The van der Waals surface area contributed by atoms with Crippen LogP contribution in [0, 0.1) is 0 Å². The summed E-state index contributed by atoms with van der Waals surface area (Å²) in [5.74, 6) is 0.683. The van der Waals surface area contributed by atoms with Crippen molar-refractivity contribution < 1.29 is 4.79 Å². The predicted molar refractivity (Wildman–Crippen MR) is 44.8 cm³/mol. The molecule has 4 N–H and O–H groups in total. The third kappa shape index (κ3) is 5.91. The number of carbonyl (C=O) groups excluding carboxylic acids is 1. The minimum Gasteiger partial charge on any atom is -0.370 e. The van der Waals surface area contributed by atoms with E-state index in [1.54, 1.807) is 11.8 Å². The highest BCUT2D eigenvalue weighted by molar-refractivity contribution is 7.98. The fraction of sp³-hybridized carbons (Fsp3) is 0.833. The molecule has 1 atom stereocenters. The van der Waals surface area contributed by atoms with Crippen molar-refractivity contribution in [1.29, 1.82) is 0 Å². The number of carbonyl (C=O) groups is 1. The molecule has 0 bridgehead atoms. The normalized spacial score (nSPS) is 13.0. The number of nitrogens with two attached hydrogens (primary N) is 2. The maximum atomic E-state index is 10.3. The highest BCUT2D eigenvalue weighted by Crippen LogP contribution is 2.00. The molecule has 60 valence electrons. The summed E-state index contributed by atoms with van der Waals surface area (Å²) in [5, 5.41) is 0. The molecular weight excluding hydrogens is 148 g/mol. The Bertz CT molecular complexity index is 108. The minimum atomic E-state index is -0.311. The maximum Gasteiger partial charge on any atom is 0.218 e. The van der Waals surface area contributed by atoms with Crippen LogP contribution in [0.4, 0.5) is 0 Å². The van der Waals surface area contributed by atoms with Gasteiger partial charge >= 0.3 is 0 Å². The summed E-state index contributed by atoms with van der Waals surface area (Å²) in [4.78, 5) is 10.3. The Labute approximate surface area is 65.5 Å². The third-order valence-corrected chi connectivity index (χ3v) is 1.80. The zero-order valence-electron chi connectivity index (χ0n) is 6.17. The molecule has 0 spiro atoms. The van der Waals surface area contributed by atoms with E-state index in [2.05, 4.69) is 0 Å². The van der Waals surface area contributed by atoms with Crippen LogP contribution >= 0.6 is 11.8 Å². The molecule has 3 nitrogen and oxygen atoms in total. The smallest absolute Gasteiger partial charge is 0.218 e. The Morgan fingerprint density at radius 1 is 1.70 bits per heavy atom. The van der Waals surface area contributed by atoms with Crippen LogP contribution in [-0.4, -0.2) is 24.0 Å². The van der Waals surface area contributed by atoms with E-state index >= 15 is 0 Å². The second kappa shape index (κ2) is 5.56. The van der Waals surface area contributed by atoms with Gasteiger partial charge in [-0.05, 0) is 18.4 Å². The predicted octanol–water partition coefficient (Wildman–Crippen LogP) is -0.0578. The average molecular weight is 162 g/mol. The van der Waals surface area contributed by atoms with Crippen LogP contribution in [0.3, 0.4) is 0 Å². The number of hydrogen-bond acceptors (Lipinski definition) is 3. The topological polar surface area (TPSA) is 69.1 Å². The zero-order chi connectivity index (χ0) is 7.98. The third-order valence-electron chi connectivity index (χ3n) is 1.16. The molecular formula is C6H14N2OS. The molecule has 1 unspecified atom stereocenters. The minimum absolute atomic E-state index is 0.0510. The summed E-state index contributed by atoms with van der Waals surface area (Å²) in [7, 11) is 0. The van der Waals surface area contributed by atoms with Gasteiger partial charge < -0.3 is 11.5 Å². The summed E-state index contributed by atoms with van der Waals surface area (Å²) in [6.45, 7) is 0. The first-order valence-electron chi connectivity index (χ1n) is 3.19. The lowest BCUT2D eigenvalue weighted by atomic mass is 10.2. The Kier molecular flexibility index (Phi) is 5.43. The number of hydrogen-bond donors (Lipinski definition) is 2. The number of amides is 1. The zero-order valence-corrected chi connectivity index (χ0v) is 6.99. The Hall–Kier alpha value is -0.220. The van der Waals surface area contributed by atoms with Crippen molar-refractivity contribution in [2.45, 2.75) is 18.9 Å². The van der Waals surface area contributed by atoms with Crippen LogP contribution in [0.5, 0.6) is 0 Å². The molecule has 10 heavy (non-hydrogen) atoms. The molecule has 0 rings (SSSR count). The molecule has 0 aliphatic carbocycles. The summed E-state index contributed by atoms with van der Waals surface area (Å²) < 4.78 is 0. The van der Waals surface area contributed by atoms with E-state index in [0.29, 0.717) is 6.42 Å². The van der Waals surface area contributed by atoms with Crippen LogP contribution in [0.25, 0.3) is 0 Å². The van der Waals surface area contributed by atoms with E-state index in [1.165, 1.54) is 0 Å². The van der Waals surface area contributed by atoms with E-state index in [1.807, 2.05) is 6.26 Å². The van der Waals surface area contributed by atoms with Crippen molar-refractivity contribution in [3.63, 3.8) is 0 Å². The number of thioether (sulfide) groups is 1. The molecule has 4 heteroatoms. The van der Waals surface area contributed by atoms with Gasteiger partial charge in [0.15, 0.2) is 0 Å². The first-order valence-corrected chi connectivity index (χ1v) is 4.59. The van der Waals surface area contributed by atoms with Gasteiger partial charge in [0.1, 0.15) is 0 Å². The van der Waals surface area contributed by atoms with Gasteiger partial charge in [0.05, 0.1) is 0 Å². The SMILES string of the molecule is CSCCC(N)CC(N)=O. The molecule has 0 aromatic heterocycles. The van der Waals surface area contributed by atoms with Gasteiger partial charge in [-0.3, -0.25) is 4.79 Å². The van der Waals surface area contributed by atoms with Crippen LogP contribution in [-0.2, 0) is 4.79 Å². The largest absolute Gasteiger partial charge is 0.370 e. The van der Waals surface area contributed by atoms with E-state index < -0.39 is 0 Å². The molecule has 1 amide bonds. The van der Waals surface area contributed by atoms with Gasteiger partial charge in [0, 0.05) is 12.5 Å². The van der Waals surface area contributed by atoms with Crippen molar-refractivity contribution in [2.24, 2.45) is 11.5 Å². The molecule has 0 fully saturated rings. The van der Waals surface area contributed by atoms with Crippen molar-refractivity contribution in [3.05, 3.63) is 0 Å². The van der Waals surface area contributed by atoms with Gasteiger partial charge in [0.2, 0.25) is 5.91 Å². The highest BCUT2D eigenvalue weighted by Gasteiger charge is 2.04. The summed E-state index contributed by atoms with van der Waals surface area (Å²) in [6.07, 6.45) is 3.18. The molecule has 0 saturated heterocycles. The molecule has 0 saturated carbocycles. The second-order valence-electron chi connectivity index (χ2n) is 2.21.